The van der Waals surface area contributed by atoms with Crippen molar-refractivity contribution in [3.8, 4) is 0 Å². The zero-order valence-corrected chi connectivity index (χ0v) is 10.6. The van der Waals surface area contributed by atoms with Gasteiger partial charge in [0.15, 0.2) is 0 Å². The SMILES string of the molecule is CNC(=O)Cn1cc(NC(=O)c2cccc(F)n2)cn1. The van der Waals surface area contributed by atoms with Gasteiger partial charge in [0.1, 0.15) is 12.2 Å². The summed E-state index contributed by atoms with van der Waals surface area (Å²) in [6.45, 7) is 0.0462. The fourth-order valence-corrected chi connectivity index (χ4v) is 1.47. The van der Waals surface area contributed by atoms with E-state index in [0.717, 1.165) is 6.07 Å². The Balaban J connectivity index is 2.03. The lowest BCUT2D eigenvalue weighted by Gasteiger charge is -2.01. The predicted molar refractivity (Wildman–Crippen MR) is 68.4 cm³/mol. The number of hydrogen-bond acceptors (Lipinski definition) is 4. The molecule has 0 bridgehead atoms. The average Bonchev–Trinajstić information content (AvgIpc) is 2.85. The van der Waals surface area contributed by atoms with Gasteiger partial charge in [-0.25, -0.2) is 4.98 Å². The highest BCUT2D eigenvalue weighted by molar-refractivity contribution is 6.02. The number of amides is 2. The molecule has 0 saturated carbocycles. The number of nitrogens with one attached hydrogen (secondary N) is 2. The van der Waals surface area contributed by atoms with Crippen molar-refractivity contribution in [3.63, 3.8) is 0 Å². The Kier molecular flexibility index (Phi) is 4.04. The van der Waals surface area contributed by atoms with Crippen LogP contribution in [0.1, 0.15) is 10.5 Å². The quantitative estimate of drug-likeness (QED) is 0.792. The second-order valence-electron chi connectivity index (χ2n) is 3.90. The molecule has 2 amide bonds. The molecule has 7 nitrogen and oxygen atoms in total. The van der Waals surface area contributed by atoms with E-state index in [1.54, 1.807) is 0 Å². The van der Waals surface area contributed by atoms with Crippen LogP contribution >= 0.6 is 0 Å². The third kappa shape index (κ3) is 3.37. The lowest BCUT2D eigenvalue weighted by molar-refractivity contribution is -0.121. The van der Waals surface area contributed by atoms with Crippen LogP contribution in [-0.2, 0) is 11.3 Å². The van der Waals surface area contributed by atoms with Crippen LogP contribution in [-0.4, -0.2) is 33.6 Å². The molecule has 2 N–H and O–H groups in total. The lowest BCUT2D eigenvalue weighted by Crippen LogP contribution is -2.23. The third-order valence-corrected chi connectivity index (χ3v) is 2.42. The number of carbonyl (C=O) groups excluding carboxylic acids is 2. The molecule has 0 saturated heterocycles. The number of hydrogen-bond donors (Lipinski definition) is 2. The Morgan fingerprint density at radius 2 is 2.20 bits per heavy atom. The topological polar surface area (TPSA) is 88.9 Å². The first-order valence-corrected chi connectivity index (χ1v) is 5.75. The number of aromatic nitrogens is 3. The van der Waals surface area contributed by atoms with Gasteiger partial charge in [0, 0.05) is 13.2 Å². The van der Waals surface area contributed by atoms with Crippen LogP contribution in [0.5, 0.6) is 0 Å². The van der Waals surface area contributed by atoms with E-state index in [0.29, 0.717) is 5.69 Å². The summed E-state index contributed by atoms with van der Waals surface area (Å²) < 4.78 is 14.3. The maximum atomic E-state index is 12.9. The highest BCUT2D eigenvalue weighted by atomic mass is 19.1. The molecule has 0 aliphatic heterocycles. The molecule has 2 aromatic heterocycles. The second kappa shape index (κ2) is 5.91. The third-order valence-electron chi connectivity index (χ3n) is 2.42. The molecule has 8 heteroatoms. The Morgan fingerprint density at radius 3 is 2.90 bits per heavy atom. The molecule has 0 atom stereocenters. The number of likely N-dealkylation sites (N-methyl/N-ethyl adjacent to an activating group) is 1. The van der Waals surface area contributed by atoms with E-state index in [1.165, 1.54) is 36.3 Å². The maximum Gasteiger partial charge on any atom is 0.274 e. The Hall–Kier alpha value is -2.77. The first kappa shape index (κ1) is 13.7. The van der Waals surface area contributed by atoms with Crippen molar-refractivity contribution in [2.45, 2.75) is 6.54 Å². The van der Waals surface area contributed by atoms with Crippen molar-refractivity contribution in [1.82, 2.24) is 20.1 Å². The van der Waals surface area contributed by atoms with Gasteiger partial charge < -0.3 is 10.6 Å². The van der Waals surface area contributed by atoms with Crippen LogP contribution in [0.3, 0.4) is 0 Å². The maximum absolute atomic E-state index is 12.9. The van der Waals surface area contributed by atoms with Crippen LogP contribution < -0.4 is 10.6 Å². The Morgan fingerprint density at radius 1 is 1.40 bits per heavy atom. The largest absolute Gasteiger partial charge is 0.358 e. The molecular weight excluding hydrogens is 265 g/mol. The van der Waals surface area contributed by atoms with Gasteiger partial charge in [-0.1, -0.05) is 6.07 Å². The smallest absolute Gasteiger partial charge is 0.274 e. The molecule has 0 spiro atoms. The zero-order valence-electron chi connectivity index (χ0n) is 10.6. The molecule has 0 radical (unpaired) electrons. The molecule has 0 aliphatic rings. The van der Waals surface area contributed by atoms with E-state index in [9.17, 15) is 14.0 Å². The van der Waals surface area contributed by atoms with Gasteiger partial charge in [-0.3, -0.25) is 14.3 Å². The van der Waals surface area contributed by atoms with E-state index in [-0.39, 0.29) is 18.1 Å². The van der Waals surface area contributed by atoms with Crippen LogP contribution in [0.2, 0.25) is 0 Å². The monoisotopic (exact) mass is 277 g/mol. The van der Waals surface area contributed by atoms with E-state index < -0.39 is 11.9 Å². The summed E-state index contributed by atoms with van der Waals surface area (Å²) in [7, 11) is 1.52. The van der Waals surface area contributed by atoms with E-state index in [1.807, 2.05) is 0 Å². The van der Waals surface area contributed by atoms with Crippen molar-refractivity contribution < 1.29 is 14.0 Å². The van der Waals surface area contributed by atoms with Gasteiger partial charge in [-0.2, -0.15) is 9.49 Å². The minimum Gasteiger partial charge on any atom is -0.358 e. The number of carbonyl (C=O) groups is 2. The molecule has 104 valence electrons. The van der Waals surface area contributed by atoms with Gasteiger partial charge in [-0.15, -0.1) is 0 Å². The zero-order chi connectivity index (χ0) is 14.5. The second-order valence-corrected chi connectivity index (χ2v) is 3.90. The normalized spacial score (nSPS) is 10.1. The summed E-state index contributed by atoms with van der Waals surface area (Å²) in [4.78, 5) is 26.4. The minimum absolute atomic E-state index is 0.0379. The van der Waals surface area contributed by atoms with Crippen LogP contribution in [0.4, 0.5) is 10.1 Å². The first-order chi connectivity index (χ1) is 9.58. The fourth-order valence-electron chi connectivity index (χ4n) is 1.47. The molecule has 0 aromatic carbocycles. The molecule has 2 rings (SSSR count). The molecule has 2 heterocycles. The van der Waals surface area contributed by atoms with Crippen molar-refractivity contribution in [3.05, 3.63) is 42.2 Å². The molecule has 20 heavy (non-hydrogen) atoms. The van der Waals surface area contributed by atoms with Gasteiger partial charge in [0.05, 0.1) is 11.9 Å². The molecule has 2 aromatic rings. The Bertz CT molecular complexity index is 640. The van der Waals surface area contributed by atoms with Gasteiger partial charge in [0.2, 0.25) is 11.9 Å². The van der Waals surface area contributed by atoms with Gasteiger partial charge in [0.25, 0.3) is 5.91 Å². The van der Waals surface area contributed by atoms with Crippen molar-refractivity contribution in [1.29, 1.82) is 0 Å². The summed E-state index contributed by atoms with van der Waals surface area (Å²) in [6.07, 6.45) is 2.88. The van der Waals surface area contributed by atoms with Crippen LogP contribution in [0, 0.1) is 5.95 Å². The summed E-state index contributed by atoms with van der Waals surface area (Å²) in [6, 6.07) is 3.94. The standard InChI is InChI=1S/C12H12FN5O2/c1-14-11(19)7-18-6-8(5-15-18)16-12(20)9-3-2-4-10(13)17-9/h2-6H,7H2,1H3,(H,14,19)(H,16,20). The number of nitrogens with zero attached hydrogens (tertiary/aromatic N) is 3. The van der Waals surface area contributed by atoms with Crippen LogP contribution in [0.25, 0.3) is 0 Å². The number of rotatable bonds is 4. The van der Waals surface area contributed by atoms with Crippen molar-refractivity contribution in [2.75, 3.05) is 12.4 Å². The number of pyridine rings is 1. The highest BCUT2D eigenvalue weighted by Crippen LogP contribution is 2.07. The van der Waals surface area contributed by atoms with Gasteiger partial charge in [-0.05, 0) is 12.1 Å². The highest BCUT2D eigenvalue weighted by Gasteiger charge is 2.10. The van der Waals surface area contributed by atoms with Crippen LogP contribution in [0.15, 0.2) is 30.6 Å². The van der Waals surface area contributed by atoms with E-state index in [4.69, 9.17) is 0 Å². The van der Waals surface area contributed by atoms with E-state index in [2.05, 4.69) is 20.7 Å². The Labute approximate surface area is 113 Å². The number of anilines is 1. The molecule has 0 fully saturated rings. The summed E-state index contributed by atoms with van der Waals surface area (Å²) in [5, 5.41) is 8.89. The van der Waals surface area contributed by atoms with Gasteiger partial charge >= 0.3 is 0 Å². The minimum atomic E-state index is -0.729. The van der Waals surface area contributed by atoms with Crippen molar-refractivity contribution in [2.24, 2.45) is 0 Å². The summed E-state index contributed by atoms with van der Waals surface area (Å²) in [5.74, 6) is -1.49. The summed E-state index contributed by atoms with van der Waals surface area (Å²) in [5.41, 5.74) is 0.356. The molecular formula is C12H12FN5O2. The lowest BCUT2D eigenvalue weighted by atomic mass is 10.3. The molecule has 0 aliphatic carbocycles. The first-order valence-electron chi connectivity index (χ1n) is 5.75. The summed E-state index contributed by atoms with van der Waals surface area (Å²) >= 11 is 0. The molecule has 0 unspecified atom stereocenters. The van der Waals surface area contributed by atoms with Crippen molar-refractivity contribution >= 4 is 17.5 Å². The predicted octanol–water partition coefficient (Wildman–Crippen LogP) is 0.415. The van der Waals surface area contributed by atoms with E-state index >= 15 is 0 Å². The average molecular weight is 277 g/mol. The fraction of sp³-hybridized carbons (Fsp3) is 0.167. The number of halogens is 1.